The van der Waals surface area contributed by atoms with Crippen molar-refractivity contribution in [3.8, 4) is 11.3 Å². The zero-order valence-corrected chi connectivity index (χ0v) is 12.3. The molecule has 0 amide bonds. The Morgan fingerprint density at radius 1 is 1.39 bits per heavy atom. The lowest BCUT2D eigenvalue weighted by atomic mass is 10.1. The molecular formula is C14H17BrN2O. The molecule has 4 heteroatoms. The van der Waals surface area contributed by atoms with Gasteiger partial charge in [-0.05, 0) is 31.2 Å². The molecule has 0 spiro atoms. The van der Waals surface area contributed by atoms with Crippen LogP contribution in [-0.2, 0) is 6.42 Å². The summed E-state index contributed by atoms with van der Waals surface area (Å²) >= 11 is 3.49. The first-order chi connectivity index (χ1) is 8.70. The first kappa shape index (κ1) is 13.3. The van der Waals surface area contributed by atoms with Crippen molar-refractivity contribution in [2.75, 3.05) is 13.1 Å². The van der Waals surface area contributed by atoms with E-state index in [2.05, 4.69) is 46.1 Å². The Balaban J connectivity index is 2.11. The highest BCUT2D eigenvalue weighted by molar-refractivity contribution is 9.10. The third kappa shape index (κ3) is 3.21. The van der Waals surface area contributed by atoms with E-state index in [1.54, 1.807) is 6.20 Å². The number of rotatable bonds is 5. The van der Waals surface area contributed by atoms with Gasteiger partial charge in [-0.15, -0.1) is 0 Å². The number of hydrogen-bond donors (Lipinski definition) is 1. The number of aromatic nitrogens is 1. The van der Waals surface area contributed by atoms with Crippen LogP contribution in [0.15, 0.2) is 33.3 Å². The first-order valence-corrected chi connectivity index (χ1v) is 6.92. The van der Waals surface area contributed by atoms with Gasteiger partial charge >= 0.3 is 0 Å². The molecular weight excluding hydrogens is 292 g/mol. The standard InChI is InChI=1S/C14H17BrN2O/c1-3-16-7-6-14-17-9-13(18-14)11-4-5-12(15)10(2)8-11/h4-5,8-9,16H,3,6-7H2,1-2H3. The van der Waals surface area contributed by atoms with E-state index < -0.39 is 0 Å². The molecule has 0 saturated carbocycles. The molecule has 1 aromatic carbocycles. The molecule has 2 rings (SSSR count). The van der Waals surface area contributed by atoms with Crippen molar-refractivity contribution in [1.29, 1.82) is 0 Å². The molecule has 2 aromatic rings. The zero-order chi connectivity index (χ0) is 13.0. The quantitative estimate of drug-likeness (QED) is 0.858. The van der Waals surface area contributed by atoms with Gasteiger partial charge in [-0.2, -0.15) is 0 Å². The van der Waals surface area contributed by atoms with Gasteiger partial charge in [-0.25, -0.2) is 4.98 Å². The SMILES string of the molecule is CCNCCc1ncc(-c2ccc(Br)c(C)c2)o1. The van der Waals surface area contributed by atoms with Crippen LogP contribution in [0.4, 0.5) is 0 Å². The second-order valence-corrected chi connectivity index (χ2v) is 5.04. The van der Waals surface area contributed by atoms with Gasteiger partial charge in [-0.1, -0.05) is 28.9 Å². The van der Waals surface area contributed by atoms with Gasteiger partial charge in [0.15, 0.2) is 11.7 Å². The fourth-order valence-corrected chi connectivity index (χ4v) is 1.98. The normalized spacial score (nSPS) is 10.8. The van der Waals surface area contributed by atoms with Gasteiger partial charge in [0, 0.05) is 23.0 Å². The molecule has 96 valence electrons. The maximum absolute atomic E-state index is 5.74. The van der Waals surface area contributed by atoms with E-state index in [4.69, 9.17) is 4.42 Å². The van der Waals surface area contributed by atoms with Crippen molar-refractivity contribution < 1.29 is 4.42 Å². The maximum atomic E-state index is 5.74. The van der Waals surface area contributed by atoms with Crippen molar-refractivity contribution in [1.82, 2.24) is 10.3 Å². The van der Waals surface area contributed by atoms with Gasteiger partial charge in [0.1, 0.15) is 0 Å². The number of aryl methyl sites for hydroxylation is 1. The minimum absolute atomic E-state index is 0.784. The van der Waals surface area contributed by atoms with Crippen molar-refractivity contribution in [2.45, 2.75) is 20.3 Å². The summed E-state index contributed by atoms with van der Waals surface area (Å²) in [6.45, 7) is 6.02. The van der Waals surface area contributed by atoms with E-state index in [1.165, 1.54) is 5.56 Å². The minimum atomic E-state index is 0.784. The number of hydrogen-bond acceptors (Lipinski definition) is 3. The Bertz CT molecular complexity index is 522. The molecule has 3 nitrogen and oxygen atoms in total. The van der Waals surface area contributed by atoms with Crippen LogP contribution in [0, 0.1) is 6.92 Å². The van der Waals surface area contributed by atoms with Crippen LogP contribution in [0.5, 0.6) is 0 Å². The average molecular weight is 309 g/mol. The lowest BCUT2D eigenvalue weighted by Crippen LogP contribution is -2.16. The fraction of sp³-hybridized carbons (Fsp3) is 0.357. The molecule has 18 heavy (non-hydrogen) atoms. The maximum Gasteiger partial charge on any atom is 0.196 e. The Morgan fingerprint density at radius 3 is 2.94 bits per heavy atom. The Hall–Kier alpha value is -1.13. The molecule has 0 saturated heterocycles. The number of benzene rings is 1. The molecule has 0 aliphatic rings. The van der Waals surface area contributed by atoms with Gasteiger partial charge in [0.2, 0.25) is 0 Å². The van der Waals surface area contributed by atoms with E-state index in [0.717, 1.165) is 41.2 Å². The smallest absolute Gasteiger partial charge is 0.196 e. The fourth-order valence-electron chi connectivity index (χ4n) is 1.73. The van der Waals surface area contributed by atoms with Crippen LogP contribution in [0.3, 0.4) is 0 Å². The molecule has 0 atom stereocenters. The van der Waals surface area contributed by atoms with Crippen LogP contribution >= 0.6 is 15.9 Å². The Labute approximate surface area is 116 Å². The second kappa shape index (κ2) is 6.16. The summed E-state index contributed by atoms with van der Waals surface area (Å²) in [5.41, 5.74) is 2.26. The number of oxazole rings is 1. The topological polar surface area (TPSA) is 38.1 Å². The largest absolute Gasteiger partial charge is 0.441 e. The molecule has 0 bridgehead atoms. The number of halogens is 1. The lowest BCUT2D eigenvalue weighted by Gasteiger charge is -2.01. The van der Waals surface area contributed by atoms with Crippen LogP contribution in [-0.4, -0.2) is 18.1 Å². The second-order valence-electron chi connectivity index (χ2n) is 4.19. The van der Waals surface area contributed by atoms with E-state index in [0.29, 0.717) is 0 Å². The van der Waals surface area contributed by atoms with Crippen molar-refractivity contribution >= 4 is 15.9 Å². The summed E-state index contributed by atoms with van der Waals surface area (Å²) < 4.78 is 6.85. The molecule has 0 aliphatic heterocycles. The monoisotopic (exact) mass is 308 g/mol. The zero-order valence-electron chi connectivity index (χ0n) is 10.7. The summed E-state index contributed by atoms with van der Waals surface area (Å²) in [4.78, 5) is 4.30. The third-order valence-corrected chi connectivity index (χ3v) is 3.65. The summed E-state index contributed by atoms with van der Waals surface area (Å²) in [7, 11) is 0. The van der Waals surface area contributed by atoms with Gasteiger partial charge < -0.3 is 9.73 Å². The highest BCUT2D eigenvalue weighted by Crippen LogP contribution is 2.25. The third-order valence-electron chi connectivity index (χ3n) is 2.76. The molecule has 1 aromatic heterocycles. The van der Waals surface area contributed by atoms with Crippen molar-refractivity contribution in [3.05, 3.63) is 40.3 Å². The molecule has 1 heterocycles. The van der Waals surface area contributed by atoms with E-state index >= 15 is 0 Å². The van der Waals surface area contributed by atoms with Crippen LogP contribution in [0.2, 0.25) is 0 Å². The lowest BCUT2D eigenvalue weighted by molar-refractivity contribution is 0.497. The Kier molecular flexibility index (Phi) is 4.55. The summed E-state index contributed by atoms with van der Waals surface area (Å²) in [5, 5.41) is 3.26. The number of likely N-dealkylation sites (N-methyl/N-ethyl adjacent to an activating group) is 1. The minimum Gasteiger partial charge on any atom is -0.441 e. The van der Waals surface area contributed by atoms with Gasteiger partial charge in [0.05, 0.1) is 6.20 Å². The summed E-state index contributed by atoms with van der Waals surface area (Å²) in [6.07, 6.45) is 2.62. The van der Waals surface area contributed by atoms with E-state index in [1.807, 2.05) is 12.1 Å². The van der Waals surface area contributed by atoms with E-state index in [9.17, 15) is 0 Å². The summed E-state index contributed by atoms with van der Waals surface area (Å²) in [5.74, 6) is 1.61. The van der Waals surface area contributed by atoms with Gasteiger partial charge in [-0.3, -0.25) is 0 Å². The predicted molar refractivity (Wildman–Crippen MR) is 76.6 cm³/mol. The molecule has 1 N–H and O–H groups in total. The number of nitrogens with zero attached hydrogens (tertiary/aromatic N) is 1. The molecule has 0 fully saturated rings. The molecule has 0 radical (unpaired) electrons. The first-order valence-electron chi connectivity index (χ1n) is 6.12. The molecule has 0 aliphatic carbocycles. The van der Waals surface area contributed by atoms with Crippen molar-refractivity contribution in [2.24, 2.45) is 0 Å². The number of nitrogens with one attached hydrogen (secondary N) is 1. The Morgan fingerprint density at radius 2 is 2.22 bits per heavy atom. The summed E-state index contributed by atoms with van der Waals surface area (Å²) in [6, 6.07) is 6.16. The highest BCUT2D eigenvalue weighted by atomic mass is 79.9. The van der Waals surface area contributed by atoms with E-state index in [-0.39, 0.29) is 0 Å². The van der Waals surface area contributed by atoms with Crippen LogP contribution in [0.25, 0.3) is 11.3 Å². The van der Waals surface area contributed by atoms with Crippen molar-refractivity contribution in [3.63, 3.8) is 0 Å². The van der Waals surface area contributed by atoms with Crippen LogP contribution in [0.1, 0.15) is 18.4 Å². The average Bonchev–Trinajstić information content (AvgIpc) is 2.82. The predicted octanol–water partition coefficient (Wildman–Crippen LogP) is 3.56. The van der Waals surface area contributed by atoms with Gasteiger partial charge in [0.25, 0.3) is 0 Å². The van der Waals surface area contributed by atoms with Crippen LogP contribution < -0.4 is 5.32 Å². The highest BCUT2D eigenvalue weighted by Gasteiger charge is 2.07. The molecule has 0 unspecified atom stereocenters.